The molecular weight excluding hydrogens is 194 g/mol. The van der Waals surface area contributed by atoms with Gasteiger partial charge in [0.25, 0.3) is 0 Å². The average molecular weight is 213 g/mol. The molecule has 1 unspecified atom stereocenters. The summed E-state index contributed by atoms with van der Waals surface area (Å²) in [6, 6.07) is -0.716. The van der Waals surface area contributed by atoms with Crippen molar-refractivity contribution in [3.63, 3.8) is 0 Å². The third-order valence-corrected chi connectivity index (χ3v) is 2.47. The smallest absolute Gasteiger partial charge is 0.315 e. The zero-order valence-electron chi connectivity index (χ0n) is 9.38. The Kier molecular flexibility index (Phi) is 4.39. The Morgan fingerprint density at radius 3 is 2.47 bits per heavy atom. The van der Waals surface area contributed by atoms with Crippen LogP contribution in [-0.4, -0.2) is 42.5 Å². The predicted octanol–water partition coefficient (Wildman–Crippen LogP) is 0.316. The Morgan fingerprint density at radius 1 is 1.33 bits per heavy atom. The van der Waals surface area contributed by atoms with Gasteiger partial charge in [0, 0.05) is 19.6 Å². The summed E-state index contributed by atoms with van der Waals surface area (Å²) in [5, 5.41) is 5.22. The minimum Gasteiger partial charge on any atom is -0.341 e. The molecule has 0 aliphatic carbocycles. The number of nitrogens with zero attached hydrogens (tertiary/aromatic N) is 1. The van der Waals surface area contributed by atoms with Crippen molar-refractivity contribution < 1.29 is 9.59 Å². The molecule has 1 rings (SSSR count). The molecule has 15 heavy (non-hydrogen) atoms. The van der Waals surface area contributed by atoms with Crippen molar-refractivity contribution in [2.75, 3.05) is 19.6 Å². The molecule has 0 aromatic rings. The van der Waals surface area contributed by atoms with Crippen LogP contribution in [0.25, 0.3) is 0 Å². The summed E-state index contributed by atoms with van der Waals surface area (Å²) in [4.78, 5) is 24.8. The second kappa shape index (κ2) is 5.58. The van der Waals surface area contributed by atoms with Crippen LogP contribution in [0.5, 0.6) is 0 Å². The van der Waals surface area contributed by atoms with Crippen molar-refractivity contribution in [1.82, 2.24) is 15.5 Å². The number of hydrogen-bond donors (Lipinski definition) is 2. The molecule has 0 bridgehead atoms. The largest absolute Gasteiger partial charge is 0.341 e. The van der Waals surface area contributed by atoms with Gasteiger partial charge in [0.15, 0.2) is 0 Å². The van der Waals surface area contributed by atoms with Crippen LogP contribution in [-0.2, 0) is 4.79 Å². The van der Waals surface area contributed by atoms with E-state index in [4.69, 9.17) is 0 Å². The number of amides is 3. The first-order chi connectivity index (χ1) is 7.15. The molecule has 1 fully saturated rings. The van der Waals surface area contributed by atoms with Gasteiger partial charge in [0.05, 0.1) is 0 Å². The SMILES string of the molecule is CCNC(=O)NC(C)C(=O)N1CCCC1. The van der Waals surface area contributed by atoms with Crippen LogP contribution in [0.1, 0.15) is 26.7 Å². The Labute approximate surface area is 90.2 Å². The van der Waals surface area contributed by atoms with Gasteiger partial charge in [-0.25, -0.2) is 4.79 Å². The molecule has 0 aromatic heterocycles. The molecular formula is C10H19N3O2. The molecule has 1 saturated heterocycles. The molecule has 5 nitrogen and oxygen atoms in total. The van der Waals surface area contributed by atoms with E-state index in [1.54, 1.807) is 11.8 Å². The van der Waals surface area contributed by atoms with Gasteiger partial charge < -0.3 is 15.5 Å². The van der Waals surface area contributed by atoms with E-state index in [9.17, 15) is 9.59 Å². The van der Waals surface area contributed by atoms with Crippen LogP contribution in [0.3, 0.4) is 0 Å². The zero-order chi connectivity index (χ0) is 11.3. The van der Waals surface area contributed by atoms with Crippen LogP contribution < -0.4 is 10.6 Å². The number of nitrogens with one attached hydrogen (secondary N) is 2. The van der Waals surface area contributed by atoms with Crippen molar-refractivity contribution in [2.45, 2.75) is 32.7 Å². The van der Waals surface area contributed by atoms with Crippen LogP contribution >= 0.6 is 0 Å². The molecule has 0 aromatic carbocycles. The van der Waals surface area contributed by atoms with Crippen molar-refractivity contribution >= 4 is 11.9 Å². The van der Waals surface area contributed by atoms with Gasteiger partial charge in [-0.15, -0.1) is 0 Å². The topological polar surface area (TPSA) is 61.4 Å². The lowest BCUT2D eigenvalue weighted by Gasteiger charge is -2.21. The molecule has 1 atom stereocenters. The molecule has 1 heterocycles. The zero-order valence-corrected chi connectivity index (χ0v) is 9.38. The fourth-order valence-electron chi connectivity index (χ4n) is 1.68. The lowest BCUT2D eigenvalue weighted by molar-refractivity contribution is -0.131. The Morgan fingerprint density at radius 2 is 1.93 bits per heavy atom. The van der Waals surface area contributed by atoms with Crippen LogP contribution in [0.15, 0.2) is 0 Å². The summed E-state index contributed by atoms with van der Waals surface area (Å²) < 4.78 is 0. The van der Waals surface area contributed by atoms with Crippen molar-refractivity contribution in [3.8, 4) is 0 Å². The van der Waals surface area contributed by atoms with Crippen molar-refractivity contribution in [3.05, 3.63) is 0 Å². The molecule has 3 amide bonds. The standard InChI is InChI=1S/C10H19N3O2/c1-3-11-10(15)12-8(2)9(14)13-6-4-5-7-13/h8H,3-7H2,1-2H3,(H2,11,12,15). The molecule has 0 radical (unpaired) electrons. The van der Waals surface area contributed by atoms with Crippen molar-refractivity contribution in [1.29, 1.82) is 0 Å². The molecule has 5 heteroatoms. The Balaban J connectivity index is 2.35. The maximum atomic E-state index is 11.8. The minimum atomic E-state index is -0.436. The van der Waals surface area contributed by atoms with Crippen molar-refractivity contribution in [2.24, 2.45) is 0 Å². The Hall–Kier alpha value is -1.26. The van der Waals surface area contributed by atoms with E-state index in [-0.39, 0.29) is 11.9 Å². The van der Waals surface area contributed by atoms with Gasteiger partial charge in [-0.3, -0.25) is 4.79 Å². The number of hydrogen-bond acceptors (Lipinski definition) is 2. The van der Waals surface area contributed by atoms with E-state index in [1.165, 1.54) is 0 Å². The van der Waals surface area contributed by atoms with Crippen LogP contribution in [0.2, 0.25) is 0 Å². The average Bonchev–Trinajstić information content (AvgIpc) is 2.69. The van der Waals surface area contributed by atoms with E-state index >= 15 is 0 Å². The molecule has 2 N–H and O–H groups in total. The van der Waals surface area contributed by atoms with Gasteiger partial charge in [-0.1, -0.05) is 0 Å². The first-order valence-electron chi connectivity index (χ1n) is 5.48. The van der Waals surface area contributed by atoms with E-state index in [0.717, 1.165) is 25.9 Å². The number of carbonyl (C=O) groups excluding carboxylic acids is 2. The third kappa shape index (κ3) is 3.42. The molecule has 86 valence electrons. The fraction of sp³-hybridized carbons (Fsp3) is 0.800. The van der Waals surface area contributed by atoms with E-state index in [0.29, 0.717) is 6.54 Å². The Bertz CT molecular complexity index is 237. The van der Waals surface area contributed by atoms with Gasteiger partial charge in [0.2, 0.25) is 5.91 Å². The summed E-state index contributed by atoms with van der Waals surface area (Å²) in [5.74, 6) is 0.0127. The van der Waals surface area contributed by atoms with Crippen LogP contribution in [0, 0.1) is 0 Å². The first-order valence-corrected chi connectivity index (χ1v) is 5.48. The lowest BCUT2D eigenvalue weighted by atomic mass is 10.3. The number of likely N-dealkylation sites (tertiary alicyclic amines) is 1. The lowest BCUT2D eigenvalue weighted by Crippen LogP contribution is -2.49. The second-order valence-corrected chi connectivity index (χ2v) is 3.76. The number of carbonyl (C=O) groups is 2. The summed E-state index contributed by atoms with van der Waals surface area (Å²) in [6.07, 6.45) is 2.14. The summed E-state index contributed by atoms with van der Waals surface area (Å²) in [6.45, 7) is 5.76. The number of urea groups is 1. The second-order valence-electron chi connectivity index (χ2n) is 3.76. The highest BCUT2D eigenvalue weighted by molar-refractivity contribution is 5.86. The highest BCUT2D eigenvalue weighted by Gasteiger charge is 2.23. The third-order valence-electron chi connectivity index (χ3n) is 2.47. The molecule has 0 saturated carbocycles. The van der Waals surface area contributed by atoms with E-state index in [1.807, 2.05) is 6.92 Å². The summed E-state index contributed by atoms with van der Waals surface area (Å²) >= 11 is 0. The van der Waals surface area contributed by atoms with Crippen LogP contribution in [0.4, 0.5) is 4.79 Å². The summed E-state index contributed by atoms with van der Waals surface area (Å²) in [5.41, 5.74) is 0. The normalized spacial score (nSPS) is 17.3. The maximum Gasteiger partial charge on any atom is 0.315 e. The quantitative estimate of drug-likeness (QED) is 0.709. The highest BCUT2D eigenvalue weighted by atomic mass is 16.2. The monoisotopic (exact) mass is 213 g/mol. The number of rotatable bonds is 3. The van der Waals surface area contributed by atoms with Gasteiger partial charge in [-0.2, -0.15) is 0 Å². The van der Waals surface area contributed by atoms with E-state index < -0.39 is 6.04 Å². The first kappa shape index (κ1) is 11.8. The van der Waals surface area contributed by atoms with Gasteiger partial charge >= 0.3 is 6.03 Å². The maximum absolute atomic E-state index is 11.8. The van der Waals surface area contributed by atoms with E-state index in [2.05, 4.69) is 10.6 Å². The van der Waals surface area contributed by atoms with Gasteiger partial charge in [-0.05, 0) is 26.7 Å². The molecule has 1 aliphatic heterocycles. The summed E-state index contributed by atoms with van der Waals surface area (Å²) in [7, 11) is 0. The predicted molar refractivity (Wildman–Crippen MR) is 57.5 cm³/mol. The highest BCUT2D eigenvalue weighted by Crippen LogP contribution is 2.08. The fourth-order valence-corrected chi connectivity index (χ4v) is 1.68. The van der Waals surface area contributed by atoms with Gasteiger partial charge in [0.1, 0.15) is 6.04 Å². The molecule has 1 aliphatic rings. The molecule has 0 spiro atoms. The minimum absolute atomic E-state index is 0.0127.